The maximum absolute atomic E-state index is 11.3. The zero-order chi connectivity index (χ0) is 113. The Hall–Kier alpha value is -13.9. The van der Waals surface area contributed by atoms with E-state index >= 15 is 0 Å². The van der Waals surface area contributed by atoms with E-state index in [4.69, 9.17) is 96.9 Å². The lowest BCUT2D eigenvalue weighted by atomic mass is 9.92. The van der Waals surface area contributed by atoms with Crippen molar-refractivity contribution in [3.8, 4) is 11.8 Å². The van der Waals surface area contributed by atoms with Gasteiger partial charge in [0.05, 0.1) is 38.6 Å². The number of allylic oxidation sites excluding steroid dienone is 1. The molecule has 43 heteroatoms. The smallest absolute Gasteiger partial charge is 0.422 e. The molecule has 37 nitrogen and oxygen atoms in total. The van der Waals surface area contributed by atoms with Crippen molar-refractivity contribution in [2.24, 2.45) is 11.3 Å². The molecule has 1 saturated carbocycles. The highest BCUT2D eigenvalue weighted by Gasteiger charge is 2.38. The van der Waals surface area contributed by atoms with E-state index in [2.05, 4.69) is 157 Å². The van der Waals surface area contributed by atoms with Crippen LogP contribution in [0.2, 0.25) is 0 Å². The minimum Gasteiger partial charge on any atom is -0.490 e. The first-order valence-corrected chi connectivity index (χ1v) is 45.1. The number of alkyl halides is 6. The fraction of sp³-hybridized carbons (Fsp3) is 0.441. The molecule has 0 spiro atoms. The Labute approximate surface area is 863 Å². The topological polar surface area (TPSA) is 482 Å². The minimum absolute atomic E-state index is 0.0183. The fourth-order valence-electron chi connectivity index (χ4n) is 7.92. The first kappa shape index (κ1) is 151. The van der Waals surface area contributed by atoms with E-state index in [1.165, 1.54) is 102 Å². The Morgan fingerprint density at radius 1 is 0.366 bits per heavy atom. The summed E-state index contributed by atoms with van der Waals surface area (Å²) in [6.07, 6.45) is 31.4. The molecule has 0 bridgehead atoms. The average Bonchev–Trinajstić information content (AvgIpc) is 1.08. The molecule has 0 radical (unpaired) electrons. The van der Waals surface area contributed by atoms with E-state index < -0.39 is 119 Å². The number of carbonyl (C=O) groups excluding carboxylic acids is 16. The number of carbonyl (C=O) groups is 16. The van der Waals surface area contributed by atoms with E-state index in [1.54, 1.807) is 20.1 Å². The number of nitrogens with zero attached hydrogens (tertiary/aromatic N) is 1. The standard InChI is InChI=1S/C17H20O8.C15H28O2.C11H12O3.C9H12O4.C9H14O2.C8H14O3.C7H8O4.2C7H12O3.C5H5F3O2.C4H3Cl3O2.C3H3N/c1-5-13(18)22-9-17(10-23-14(19)6-2,11-24-15(20)7-3)12-25-16(21)8-4;1-3-5-6-7-8-9-10-11-12-13-14-17-15(16)4-2;1-2-11(12)14-9-8-13-10-6-4-3-5-7-10;1-4-8(10)12-6-7(3)13-9(11)5-2;1-2-9(10)11-7-8-5-3-4-6-8;1-3-5-10-6-7-11-8(9)4-2;1-3-6(8)10-5-11-7(9)4-2;1-4-7(8)10-5-6(2)9-3;1-3-7(8)10-6-5-9-4-2;1-2-4(9)10-3-5(6,7)8;1-2-3(8)9-4(5,6)7;1-2-3-4/h5-8H,1-4,9-12H2;4H,2-3,5-14H2,1H3;2-7H,1,8-9H2;4-5,7H,1-2,6H2,3H3;2,8H,1,3-7H2;4H,2-3,5-7H2,1H3;3-4H,1-2,5H2;4,6H,1,5H2,2-3H3;3H,1,4-6H2,2H3;2H,1,3H2;2H,1H2;2H,1H2. The number of ether oxygens (including phenoxy) is 20. The van der Waals surface area contributed by atoms with Crippen molar-refractivity contribution in [1.29, 1.82) is 5.26 Å². The predicted molar refractivity (Wildman–Crippen MR) is 538 cm³/mol. The predicted octanol–water partition coefficient (Wildman–Crippen LogP) is 17.1. The van der Waals surface area contributed by atoms with Gasteiger partial charge in [-0.05, 0) is 99.3 Å². The maximum atomic E-state index is 11.3. The molecule has 0 amide bonds. The number of halogens is 6. The highest BCUT2D eigenvalue weighted by molar-refractivity contribution is 6.66. The van der Waals surface area contributed by atoms with Gasteiger partial charge in [0, 0.05) is 124 Å². The van der Waals surface area contributed by atoms with Crippen LogP contribution in [0, 0.1) is 22.7 Å². The van der Waals surface area contributed by atoms with Crippen LogP contribution in [0.1, 0.15) is 131 Å². The summed E-state index contributed by atoms with van der Waals surface area (Å²) >= 11 is 15.1. The number of unbranched alkanes of at least 4 members (excludes halogenated alkanes) is 9. The van der Waals surface area contributed by atoms with Crippen LogP contribution < -0.4 is 4.74 Å². The molecule has 1 aliphatic rings. The Bertz CT molecular complexity index is 3900. The molecule has 1 aliphatic carbocycles. The number of nitriles is 1. The van der Waals surface area contributed by atoms with Gasteiger partial charge in [-0.15, -0.1) is 0 Å². The quantitative estimate of drug-likeness (QED) is 0.0111. The molecule has 0 aromatic heterocycles. The summed E-state index contributed by atoms with van der Waals surface area (Å²) < 4.78 is 126. The van der Waals surface area contributed by atoms with Crippen LogP contribution in [0.3, 0.4) is 0 Å². The molecule has 145 heavy (non-hydrogen) atoms. The first-order valence-electron chi connectivity index (χ1n) is 44.0. The van der Waals surface area contributed by atoms with Crippen molar-refractivity contribution in [1.82, 2.24) is 0 Å². The molecule has 1 aromatic rings. The molecule has 2 unspecified atom stereocenters. The van der Waals surface area contributed by atoms with Gasteiger partial charge in [-0.25, -0.2) is 76.7 Å². The molecule has 0 N–H and O–H groups in total. The van der Waals surface area contributed by atoms with Gasteiger partial charge in [-0.1, -0.05) is 215 Å². The van der Waals surface area contributed by atoms with Crippen LogP contribution in [0.15, 0.2) is 245 Å². The summed E-state index contributed by atoms with van der Waals surface area (Å²) in [6, 6.07) is 11.0. The van der Waals surface area contributed by atoms with Gasteiger partial charge in [-0.3, -0.25) is 0 Å². The first-order chi connectivity index (χ1) is 68.7. The lowest BCUT2D eigenvalue weighted by Crippen LogP contribution is -2.43. The van der Waals surface area contributed by atoms with E-state index in [9.17, 15) is 89.9 Å². The van der Waals surface area contributed by atoms with E-state index in [1.807, 2.05) is 51.1 Å². The summed E-state index contributed by atoms with van der Waals surface area (Å²) in [5.74, 6) is -8.10. The van der Waals surface area contributed by atoms with Crippen molar-refractivity contribution in [2.45, 2.75) is 153 Å². The number of rotatable bonds is 59. The number of hydrogen-bond acceptors (Lipinski definition) is 37. The zero-order valence-corrected chi connectivity index (χ0v) is 86.0. The number of para-hydroxylation sites is 1. The molecule has 2 rings (SSSR count). The van der Waals surface area contributed by atoms with Gasteiger partial charge >= 0.3 is 106 Å². The van der Waals surface area contributed by atoms with Crippen molar-refractivity contribution in [3.63, 3.8) is 0 Å². The van der Waals surface area contributed by atoms with E-state index in [0.29, 0.717) is 71.5 Å². The molecule has 2 atom stereocenters. The van der Waals surface area contributed by atoms with Gasteiger partial charge in [0.15, 0.2) is 6.61 Å². The summed E-state index contributed by atoms with van der Waals surface area (Å²) in [5, 5.41) is 7.51. The number of methoxy groups -OCH3 is 1. The Kier molecular flexibility index (Phi) is 115. The van der Waals surface area contributed by atoms with Gasteiger partial charge in [0.25, 0.3) is 0 Å². The highest BCUT2D eigenvalue weighted by atomic mass is 35.6. The largest absolute Gasteiger partial charge is 0.490 e. The molecule has 0 aliphatic heterocycles. The van der Waals surface area contributed by atoms with Crippen molar-refractivity contribution >= 4 is 130 Å². The molecule has 1 fully saturated rings. The number of benzene rings is 1. The van der Waals surface area contributed by atoms with Gasteiger partial charge in [0.1, 0.15) is 83.3 Å². The lowest BCUT2D eigenvalue weighted by molar-refractivity contribution is -0.182. The van der Waals surface area contributed by atoms with Crippen LogP contribution in [-0.4, -0.2) is 244 Å². The fourth-order valence-corrected chi connectivity index (χ4v) is 8.15. The number of hydrogen-bond donors (Lipinski definition) is 0. The van der Waals surface area contributed by atoms with Gasteiger partial charge in [-0.2, -0.15) is 18.4 Å². The Morgan fingerprint density at radius 2 is 0.669 bits per heavy atom. The number of esters is 16. The second kappa shape index (κ2) is 111. The van der Waals surface area contributed by atoms with Crippen molar-refractivity contribution in [3.05, 3.63) is 245 Å². The molecule has 0 saturated heterocycles. The molecule has 1 aromatic carbocycles. The van der Waals surface area contributed by atoms with Crippen LogP contribution in [0.4, 0.5) is 13.2 Å². The highest BCUT2D eigenvalue weighted by Crippen LogP contribution is 2.28. The third-order valence-corrected chi connectivity index (χ3v) is 15.2. The molecule has 0 heterocycles. The lowest BCUT2D eigenvalue weighted by Gasteiger charge is -2.31. The van der Waals surface area contributed by atoms with Crippen LogP contribution in [0.25, 0.3) is 0 Å². The second-order valence-corrected chi connectivity index (χ2v) is 29.0. The van der Waals surface area contributed by atoms with E-state index in [-0.39, 0.29) is 64.3 Å². The maximum Gasteiger partial charge on any atom is 0.422 e. The summed E-state index contributed by atoms with van der Waals surface area (Å²) in [4.78, 5) is 171. The summed E-state index contributed by atoms with van der Waals surface area (Å²) in [6.45, 7) is 65.6. The average molecular weight is 2120 g/mol. The molecule has 814 valence electrons. The van der Waals surface area contributed by atoms with Crippen molar-refractivity contribution in [2.75, 3.05) is 126 Å². The Balaban J connectivity index is -0.000000175. The molecular formula is C102H143Cl3F3NO36. The normalized spacial score (nSPS) is 10.4. The monoisotopic (exact) mass is 2120 g/mol. The van der Waals surface area contributed by atoms with Crippen LogP contribution in [-0.2, 0) is 167 Å². The van der Waals surface area contributed by atoms with Crippen LogP contribution in [0.5, 0.6) is 5.75 Å². The van der Waals surface area contributed by atoms with Gasteiger partial charge in [0.2, 0.25) is 6.79 Å². The second-order valence-electron chi connectivity index (χ2n) is 26.8. The summed E-state index contributed by atoms with van der Waals surface area (Å²) in [5.41, 5.74) is -1.34. The molecular weight excluding hydrogens is 1980 g/mol. The Morgan fingerprint density at radius 3 is 0.986 bits per heavy atom. The third kappa shape index (κ3) is 128. The third-order valence-electron chi connectivity index (χ3n) is 15.0. The minimum atomic E-state index is -4.46. The van der Waals surface area contributed by atoms with Crippen LogP contribution >= 0.6 is 34.8 Å². The van der Waals surface area contributed by atoms with Crippen molar-refractivity contribution < 1.29 is 185 Å². The van der Waals surface area contributed by atoms with Gasteiger partial charge < -0.3 is 94.7 Å². The summed E-state index contributed by atoms with van der Waals surface area (Å²) in [7, 11) is 1.56. The van der Waals surface area contributed by atoms with E-state index in [0.717, 1.165) is 97.6 Å². The SMILES string of the molecule is C=CC#N.C=CC(=O)OC(Cl)(Cl)Cl.C=CC(=O)OCC(C)OC.C=CC(=O)OCC(C)OC(=O)C=C.C=CC(=O)OCC(COC(=O)C=C)(COC(=O)C=C)COC(=O)C=C.C=CC(=O)OCC(F)(F)F.C=CC(=O)OCC1CCCC1.C=CC(=O)OCCCCCCCCCCCC.C=CC(=O)OCCOCC.C=CC(=O)OCCOCCC.C=CC(=O)OCCOc1ccccc1.C=CC(=O)OCOC(=O)C=C. The zero-order valence-electron chi connectivity index (χ0n) is 83.7.